The standard InChI is InChI=1S/C13H11BrN4O2/c1-2-20-13(19)9-6-15-18(8-9)10-3-4-17-12(5-10)11(14)7-16-17/h3-8H,2H2,1H3. The predicted octanol–water partition coefficient (Wildman–Crippen LogP) is 2.46. The van der Waals surface area contributed by atoms with Gasteiger partial charge in [0.1, 0.15) is 0 Å². The first-order chi connectivity index (χ1) is 9.69. The van der Waals surface area contributed by atoms with E-state index in [1.54, 1.807) is 28.5 Å². The number of aromatic nitrogens is 4. The van der Waals surface area contributed by atoms with Crippen LogP contribution in [0.3, 0.4) is 0 Å². The van der Waals surface area contributed by atoms with Crippen molar-refractivity contribution >= 4 is 27.4 Å². The van der Waals surface area contributed by atoms with Crippen molar-refractivity contribution in [2.45, 2.75) is 6.92 Å². The van der Waals surface area contributed by atoms with E-state index in [-0.39, 0.29) is 5.97 Å². The zero-order valence-electron chi connectivity index (χ0n) is 10.7. The van der Waals surface area contributed by atoms with Crippen LogP contribution in [0.2, 0.25) is 0 Å². The van der Waals surface area contributed by atoms with Crippen LogP contribution in [0.15, 0.2) is 41.4 Å². The molecule has 6 nitrogen and oxygen atoms in total. The first kappa shape index (κ1) is 12.9. The lowest BCUT2D eigenvalue weighted by Crippen LogP contribution is -2.03. The highest BCUT2D eigenvalue weighted by molar-refractivity contribution is 9.10. The fourth-order valence-corrected chi connectivity index (χ4v) is 2.25. The Morgan fingerprint density at radius 1 is 1.40 bits per heavy atom. The Morgan fingerprint density at radius 3 is 3.05 bits per heavy atom. The van der Waals surface area contributed by atoms with Crippen molar-refractivity contribution < 1.29 is 9.53 Å². The minimum Gasteiger partial charge on any atom is -0.462 e. The van der Waals surface area contributed by atoms with Gasteiger partial charge in [0.05, 0.1) is 40.2 Å². The summed E-state index contributed by atoms with van der Waals surface area (Å²) >= 11 is 3.44. The normalized spacial score (nSPS) is 10.9. The van der Waals surface area contributed by atoms with Gasteiger partial charge < -0.3 is 4.74 Å². The van der Waals surface area contributed by atoms with Crippen LogP contribution in [-0.4, -0.2) is 32.0 Å². The SMILES string of the molecule is CCOC(=O)c1cnn(-c2ccn3ncc(Br)c3c2)c1. The molecule has 0 spiro atoms. The lowest BCUT2D eigenvalue weighted by molar-refractivity contribution is 0.0526. The van der Waals surface area contributed by atoms with E-state index in [1.807, 2.05) is 18.3 Å². The lowest BCUT2D eigenvalue weighted by atomic mass is 10.3. The van der Waals surface area contributed by atoms with Crippen LogP contribution in [0.5, 0.6) is 0 Å². The topological polar surface area (TPSA) is 61.4 Å². The molecule has 3 aromatic rings. The van der Waals surface area contributed by atoms with E-state index in [1.165, 1.54) is 6.20 Å². The van der Waals surface area contributed by atoms with E-state index < -0.39 is 0 Å². The Morgan fingerprint density at radius 2 is 2.25 bits per heavy atom. The number of pyridine rings is 1. The first-order valence-corrected chi connectivity index (χ1v) is 6.83. The third-order valence-electron chi connectivity index (χ3n) is 2.82. The van der Waals surface area contributed by atoms with Crippen molar-refractivity contribution in [3.8, 4) is 5.69 Å². The van der Waals surface area contributed by atoms with Crippen molar-refractivity contribution in [1.29, 1.82) is 0 Å². The summed E-state index contributed by atoms with van der Waals surface area (Å²) in [6.07, 6.45) is 6.70. The van der Waals surface area contributed by atoms with Crippen LogP contribution in [0.1, 0.15) is 17.3 Å². The molecule has 0 aromatic carbocycles. The number of hydrogen-bond donors (Lipinski definition) is 0. The van der Waals surface area contributed by atoms with E-state index >= 15 is 0 Å². The third-order valence-corrected chi connectivity index (χ3v) is 3.43. The molecule has 3 aromatic heterocycles. The van der Waals surface area contributed by atoms with Crippen LogP contribution < -0.4 is 0 Å². The van der Waals surface area contributed by atoms with E-state index in [2.05, 4.69) is 26.1 Å². The fraction of sp³-hybridized carbons (Fsp3) is 0.154. The zero-order chi connectivity index (χ0) is 14.1. The highest BCUT2D eigenvalue weighted by Crippen LogP contribution is 2.20. The van der Waals surface area contributed by atoms with Gasteiger partial charge in [-0.05, 0) is 35.0 Å². The van der Waals surface area contributed by atoms with Crippen molar-refractivity contribution in [2.24, 2.45) is 0 Å². The summed E-state index contributed by atoms with van der Waals surface area (Å²) in [5, 5.41) is 8.36. The van der Waals surface area contributed by atoms with Crippen molar-refractivity contribution in [1.82, 2.24) is 19.4 Å². The van der Waals surface area contributed by atoms with Gasteiger partial charge in [-0.25, -0.2) is 14.0 Å². The smallest absolute Gasteiger partial charge is 0.341 e. The number of hydrogen-bond acceptors (Lipinski definition) is 4. The molecule has 102 valence electrons. The van der Waals surface area contributed by atoms with Gasteiger partial charge in [0.15, 0.2) is 0 Å². The van der Waals surface area contributed by atoms with Gasteiger partial charge >= 0.3 is 5.97 Å². The molecule has 0 fully saturated rings. The van der Waals surface area contributed by atoms with E-state index in [0.29, 0.717) is 12.2 Å². The van der Waals surface area contributed by atoms with Gasteiger partial charge in [-0.15, -0.1) is 0 Å². The number of fused-ring (bicyclic) bond motifs is 1. The summed E-state index contributed by atoms with van der Waals surface area (Å²) in [6, 6.07) is 3.80. The van der Waals surface area contributed by atoms with Crippen molar-refractivity contribution in [2.75, 3.05) is 6.61 Å². The van der Waals surface area contributed by atoms with Gasteiger partial charge in [0.25, 0.3) is 0 Å². The summed E-state index contributed by atoms with van der Waals surface area (Å²) in [6.45, 7) is 2.12. The van der Waals surface area contributed by atoms with Crippen molar-refractivity contribution in [3.05, 3.63) is 47.0 Å². The Balaban J connectivity index is 1.98. The van der Waals surface area contributed by atoms with Crippen LogP contribution >= 0.6 is 15.9 Å². The largest absolute Gasteiger partial charge is 0.462 e. The average Bonchev–Trinajstić information content (AvgIpc) is 3.06. The van der Waals surface area contributed by atoms with E-state index in [4.69, 9.17) is 4.74 Å². The Hall–Kier alpha value is -2.15. The van der Waals surface area contributed by atoms with Crippen LogP contribution in [-0.2, 0) is 4.74 Å². The summed E-state index contributed by atoms with van der Waals surface area (Å²) in [5.74, 6) is -0.370. The fourth-order valence-electron chi connectivity index (χ4n) is 1.87. The molecule has 0 unspecified atom stereocenters. The van der Waals surface area contributed by atoms with Gasteiger partial charge in [-0.1, -0.05) is 0 Å². The maximum atomic E-state index is 11.6. The molecule has 0 saturated carbocycles. The molecule has 0 radical (unpaired) electrons. The number of esters is 1. The van der Waals surface area contributed by atoms with Crippen molar-refractivity contribution in [3.63, 3.8) is 0 Å². The average molecular weight is 335 g/mol. The highest BCUT2D eigenvalue weighted by atomic mass is 79.9. The van der Waals surface area contributed by atoms with Gasteiger partial charge in [0.2, 0.25) is 0 Å². The molecule has 0 atom stereocenters. The molecule has 0 saturated heterocycles. The molecule has 3 heterocycles. The predicted molar refractivity (Wildman–Crippen MR) is 76.0 cm³/mol. The van der Waals surface area contributed by atoms with Crippen LogP contribution in [0.4, 0.5) is 0 Å². The molecule has 0 amide bonds. The van der Waals surface area contributed by atoms with E-state index in [9.17, 15) is 4.79 Å². The molecule has 0 aliphatic heterocycles. The molecular weight excluding hydrogens is 324 g/mol. The summed E-state index contributed by atoms with van der Waals surface area (Å²) in [7, 11) is 0. The number of ether oxygens (including phenoxy) is 1. The number of halogens is 1. The summed E-state index contributed by atoms with van der Waals surface area (Å²) in [4.78, 5) is 11.6. The molecule has 3 rings (SSSR count). The molecule has 7 heteroatoms. The second-order valence-corrected chi connectivity index (χ2v) is 4.96. The Labute approximate surface area is 123 Å². The molecule has 0 bridgehead atoms. The number of carbonyl (C=O) groups is 1. The number of rotatable bonds is 3. The zero-order valence-corrected chi connectivity index (χ0v) is 12.2. The molecule has 0 aliphatic carbocycles. The number of nitrogens with zero attached hydrogens (tertiary/aromatic N) is 4. The minimum absolute atomic E-state index is 0.346. The van der Waals surface area contributed by atoms with Gasteiger partial charge in [0, 0.05) is 12.4 Å². The van der Waals surface area contributed by atoms with Gasteiger partial charge in [-0.3, -0.25) is 0 Å². The van der Waals surface area contributed by atoms with Gasteiger partial charge in [-0.2, -0.15) is 10.2 Å². The summed E-state index contributed by atoms with van der Waals surface area (Å²) in [5.41, 5.74) is 2.20. The monoisotopic (exact) mass is 334 g/mol. The van der Waals surface area contributed by atoms with Crippen LogP contribution in [0, 0.1) is 0 Å². The number of carbonyl (C=O) groups excluding carboxylic acids is 1. The highest BCUT2D eigenvalue weighted by Gasteiger charge is 2.11. The quantitative estimate of drug-likeness (QED) is 0.690. The molecule has 0 aliphatic rings. The minimum atomic E-state index is -0.370. The molecule has 0 N–H and O–H groups in total. The van der Waals surface area contributed by atoms with E-state index in [0.717, 1.165) is 15.7 Å². The Bertz CT molecular complexity index is 778. The van der Waals surface area contributed by atoms with Crippen LogP contribution in [0.25, 0.3) is 11.2 Å². The summed E-state index contributed by atoms with van der Waals surface area (Å²) < 4.78 is 9.22. The maximum Gasteiger partial charge on any atom is 0.341 e. The molecule has 20 heavy (non-hydrogen) atoms. The molecular formula is C13H11BrN4O2. The lowest BCUT2D eigenvalue weighted by Gasteiger charge is -2.02. The second kappa shape index (κ2) is 5.09. The Kier molecular flexibility index (Phi) is 3.27. The third kappa shape index (κ3) is 2.20. The second-order valence-electron chi connectivity index (χ2n) is 4.10. The maximum absolute atomic E-state index is 11.6. The first-order valence-electron chi connectivity index (χ1n) is 6.04.